The van der Waals surface area contributed by atoms with Crippen LogP contribution in [-0.2, 0) is 16.1 Å². The van der Waals surface area contributed by atoms with E-state index in [1.165, 1.54) is 0 Å². The number of carbonyl (C=O) groups is 1. The van der Waals surface area contributed by atoms with Gasteiger partial charge in [-0.3, -0.25) is 9.78 Å². The summed E-state index contributed by atoms with van der Waals surface area (Å²) in [6, 6.07) is 3.72. The van der Waals surface area contributed by atoms with Gasteiger partial charge in [-0.05, 0) is 25.0 Å². The summed E-state index contributed by atoms with van der Waals surface area (Å²) in [6.45, 7) is 6.86. The fourth-order valence-electron chi connectivity index (χ4n) is 1.28. The number of hydrogen-bond donors (Lipinski definition) is 1. The Labute approximate surface area is 116 Å². The molecule has 0 saturated heterocycles. The molecule has 1 aromatic heterocycles. The lowest BCUT2D eigenvalue weighted by Gasteiger charge is -2.14. The number of hydrogen-bond acceptors (Lipinski definition) is 3. The molecule has 100 valence electrons. The van der Waals surface area contributed by atoms with E-state index in [9.17, 15) is 4.79 Å². The van der Waals surface area contributed by atoms with Gasteiger partial charge >= 0.3 is 0 Å². The van der Waals surface area contributed by atoms with Gasteiger partial charge in [0.05, 0.1) is 12.2 Å². The molecule has 1 atom stereocenters. The van der Waals surface area contributed by atoms with Gasteiger partial charge in [-0.2, -0.15) is 0 Å². The molecule has 1 unspecified atom stereocenters. The summed E-state index contributed by atoms with van der Waals surface area (Å²) in [5, 5.41) is 2.80. The molecule has 4 nitrogen and oxygen atoms in total. The second-order valence-corrected chi connectivity index (χ2v) is 5.47. The maximum atomic E-state index is 11.7. The predicted molar refractivity (Wildman–Crippen MR) is 74.0 cm³/mol. The van der Waals surface area contributed by atoms with Crippen molar-refractivity contribution in [3.63, 3.8) is 0 Å². The molecule has 1 heterocycles. The number of amides is 1. The number of halogens is 1. The van der Waals surface area contributed by atoms with Crippen LogP contribution < -0.4 is 5.32 Å². The number of nitrogens with zero attached hydrogens (tertiary/aromatic N) is 1. The molecule has 0 saturated carbocycles. The fraction of sp³-hybridized carbons (Fsp3) is 0.538. The molecule has 0 bridgehead atoms. The summed E-state index contributed by atoms with van der Waals surface area (Å²) in [6.07, 6.45) is 1.27. The zero-order chi connectivity index (χ0) is 13.5. The Balaban J connectivity index is 2.36. The summed E-state index contributed by atoms with van der Waals surface area (Å²) < 4.78 is 6.39. The number of pyridine rings is 1. The number of rotatable bonds is 6. The van der Waals surface area contributed by atoms with E-state index >= 15 is 0 Å². The van der Waals surface area contributed by atoms with E-state index in [0.717, 1.165) is 10.2 Å². The van der Waals surface area contributed by atoms with Crippen molar-refractivity contribution >= 4 is 21.8 Å². The van der Waals surface area contributed by atoms with Crippen molar-refractivity contribution in [1.82, 2.24) is 10.3 Å². The number of nitrogens with one attached hydrogen (secondary N) is 1. The Morgan fingerprint density at radius 3 is 2.83 bits per heavy atom. The third kappa shape index (κ3) is 5.60. The standard InChI is InChI=1S/C13H19BrN2O2/c1-9(2)8-18-10(3)13(17)16-7-12-6-11(14)4-5-15-12/h4-6,9-10H,7-8H2,1-3H3,(H,16,17). The van der Waals surface area contributed by atoms with Crippen LogP contribution in [-0.4, -0.2) is 23.6 Å². The van der Waals surface area contributed by atoms with Gasteiger partial charge in [0.1, 0.15) is 6.10 Å². The van der Waals surface area contributed by atoms with Gasteiger partial charge in [-0.15, -0.1) is 0 Å². The van der Waals surface area contributed by atoms with Crippen LogP contribution in [0.4, 0.5) is 0 Å². The number of carbonyl (C=O) groups excluding carboxylic acids is 1. The molecule has 5 heteroatoms. The molecule has 0 aromatic carbocycles. The molecule has 1 rings (SSSR count). The van der Waals surface area contributed by atoms with Crippen LogP contribution in [0.25, 0.3) is 0 Å². The minimum Gasteiger partial charge on any atom is -0.368 e. The first-order valence-electron chi connectivity index (χ1n) is 5.98. The highest BCUT2D eigenvalue weighted by atomic mass is 79.9. The zero-order valence-corrected chi connectivity index (χ0v) is 12.5. The molecule has 0 aliphatic rings. The van der Waals surface area contributed by atoms with Crippen LogP contribution in [0, 0.1) is 5.92 Å². The molecule has 0 fully saturated rings. The Hall–Kier alpha value is -0.940. The average Bonchev–Trinajstić information content (AvgIpc) is 2.33. The minimum atomic E-state index is -0.431. The van der Waals surface area contributed by atoms with Crippen molar-refractivity contribution in [2.24, 2.45) is 5.92 Å². The second-order valence-electron chi connectivity index (χ2n) is 4.55. The summed E-state index contributed by atoms with van der Waals surface area (Å²) >= 11 is 3.36. The van der Waals surface area contributed by atoms with Crippen molar-refractivity contribution in [3.8, 4) is 0 Å². The quantitative estimate of drug-likeness (QED) is 0.877. The Morgan fingerprint density at radius 1 is 1.50 bits per heavy atom. The van der Waals surface area contributed by atoms with E-state index in [4.69, 9.17) is 4.74 Å². The summed E-state index contributed by atoms with van der Waals surface area (Å²) in [5.74, 6) is 0.310. The molecule has 18 heavy (non-hydrogen) atoms. The molecule has 0 spiro atoms. The minimum absolute atomic E-state index is 0.113. The van der Waals surface area contributed by atoms with E-state index in [1.807, 2.05) is 12.1 Å². The topological polar surface area (TPSA) is 51.2 Å². The zero-order valence-electron chi connectivity index (χ0n) is 10.9. The lowest BCUT2D eigenvalue weighted by atomic mass is 10.2. The number of ether oxygens (including phenoxy) is 1. The van der Waals surface area contributed by atoms with Crippen LogP contribution in [0.2, 0.25) is 0 Å². The smallest absolute Gasteiger partial charge is 0.249 e. The van der Waals surface area contributed by atoms with Crippen LogP contribution in [0.15, 0.2) is 22.8 Å². The summed E-state index contributed by atoms with van der Waals surface area (Å²) in [4.78, 5) is 15.9. The summed E-state index contributed by atoms with van der Waals surface area (Å²) in [5.41, 5.74) is 0.814. The van der Waals surface area contributed by atoms with Gasteiger partial charge in [0, 0.05) is 17.3 Å². The fourth-order valence-corrected chi connectivity index (χ4v) is 1.66. The van der Waals surface area contributed by atoms with Gasteiger partial charge in [0.2, 0.25) is 5.91 Å². The molecular weight excluding hydrogens is 296 g/mol. The number of aromatic nitrogens is 1. The highest BCUT2D eigenvalue weighted by molar-refractivity contribution is 9.10. The highest BCUT2D eigenvalue weighted by Crippen LogP contribution is 2.09. The maximum Gasteiger partial charge on any atom is 0.249 e. The predicted octanol–water partition coefficient (Wildman–Crippen LogP) is 2.52. The van der Waals surface area contributed by atoms with Crippen LogP contribution in [0.3, 0.4) is 0 Å². The van der Waals surface area contributed by atoms with Crippen molar-refractivity contribution in [1.29, 1.82) is 0 Å². The molecule has 1 aromatic rings. The van der Waals surface area contributed by atoms with E-state index in [0.29, 0.717) is 19.1 Å². The Kier molecular flexibility index (Phi) is 6.29. The third-order valence-electron chi connectivity index (χ3n) is 2.27. The van der Waals surface area contributed by atoms with Crippen LogP contribution in [0.1, 0.15) is 26.5 Å². The van der Waals surface area contributed by atoms with E-state index in [2.05, 4.69) is 40.1 Å². The van der Waals surface area contributed by atoms with E-state index < -0.39 is 6.10 Å². The highest BCUT2D eigenvalue weighted by Gasteiger charge is 2.13. The van der Waals surface area contributed by atoms with Gasteiger partial charge in [0.15, 0.2) is 0 Å². The van der Waals surface area contributed by atoms with Gasteiger partial charge in [0.25, 0.3) is 0 Å². The first-order chi connectivity index (χ1) is 8.49. The molecule has 0 aliphatic heterocycles. The maximum absolute atomic E-state index is 11.7. The molecule has 0 radical (unpaired) electrons. The van der Waals surface area contributed by atoms with E-state index in [1.54, 1.807) is 13.1 Å². The van der Waals surface area contributed by atoms with E-state index in [-0.39, 0.29) is 5.91 Å². The van der Waals surface area contributed by atoms with Crippen LogP contribution in [0.5, 0.6) is 0 Å². The first-order valence-corrected chi connectivity index (χ1v) is 6.78. The molecular formula is C13H19BrN2O2. The first kappa shape index (κ1) is 15.1. The average molecular weight is 315 g/mol. The monoisotopic (exact) mass is 314 g/mol. The summed E-state index contributed by atoms with van der Waals surface area (Å²) in [7, 11) is 0. The SMILES string of the molecule is CC(C)COC(C)C(=O)NCc1cc(Br)ccn1. The van der Waals surface area contributed by atoms with Crippen molar-refractivity contribution in [2.75, 3.05) is 6.61 Å². The second kappa shape index (κ2) is 7.48. The third-order valence-corrected chi connectivity index (χ3v) is 2.76. The Bertz CT molecular complexity index is 396. The van der Waals surface area contributed by atoms with Crippen molar-refractivity contribution in [2.45, 2.75) is 33.4 Å². The van der Waals surface area contributed by atoms with Crippen molar-refractivity contribution < 1.29 is 9.53 Å². The van der Waals surface area contributed by atoms with Crippen molar-refractivity contribution in [3.05, 3.63) is 28.5 Å². The molecule has 0 aliphatic carbocycles. The van der Waals surface area contributed by atoms with Crippen LogP contribution >= 0.6 is 15.9 Å². The largest absolute Gasteiger partial charge is 0.368 e. The van der Waals surface area contributed by atoms with Gasteiger partial charge < -0.3 is 10.1 Å². The lowest BCUT2D eigenvalue weighted by Crippen LogP contribution is -2.34. The normalized spacial score (nSPS) is 12.5. The lowest BCUT2D eigenvalue weighted by molar-refractivity contribution is -0.132. The van der Waals surface area contributed by atoms with Gasteiger partial charge in [-0.25, -0.2) is 0 Å². The van der Waals surface area contributed by atoms with Gasteiger partial charge in [-0.1, -0.05) is 29.8 Å². The molecule has 1 N–H and O–H groups in total. The Morgan fingerprint density at radius 2 is 2.22 bits per heavy atom. The molecule has 1 amide bonds.